The minimum atomic E-state index is -4.75. The molecule has 0 fully saturated rings. The van der Waals surface area contributed by atoms with Crippen LogP contribution in [0.1, 0.15) is 110 Å². The lowest BCUT2D eigenvalue weighted by atomic mass is 10.1. The molecule has 0 aliphatic rings. The van der Waals surface area contributed by atoms with Crippen molar-refractivity contribution in [2.24, 2.45) is 0 Å². The second-order valence-electron chi connectivity index (χ2n) is 9.55. The lowest BCUT2D eigenvalue weighted by Crippen LogP contribution is -2.29. The van der Waals surface area contributed by atoms with Gasteiger partial charge in [0.05, 0.1) is 12.7 Å². The number of esters is 2. The van der Waals surface area contributed by atoms with Gasteiger partial charge in [0.15, 0.2) is 6.10 Å². The zero-order chi connectivity index (χ0) is 29.2. The molecule has 0 radical (unpaired) electrons. The summed E-state index contributed by atoms with van der Waals surface area (Å²) in [7, 11) is -4.75. The third-order valence-corrected chi connectivity index (χ3v) is 6.26. The quantitative estimate of drug-likeness (QED) is 0.0368. The van der Waals surface area contributed by atoms with Crippen LogP contribution in [0.2, 0.25) is 0 Å². The molecule has 0 aromatic carbocycles. The van der Waals surface area contributed by atoms with E-state index in [0.717, 1.165) is 64.2 Å². The fourth-order valence-electron chi connectivity index (χ4n) is 3.61. The van der Waals surface area contributed by atoms with E-state index in [1.807, 2.05) is 18.2 Å². The third kappa shape index (κ3) is 27.6. The van der Waals surface area contributed by atoms with Gasteiger partial charge in [0.1, 0.15) is 6.61 Å². The smallest absolute Gasteiger partial charge is 0.462 e. The second-order valence-corrected chi connectivity index (χ2v) is 10.8. The number of aliphatic hydroxyl groups excluding tert-OH is 1. The summed E-state index contributed by atoms with van der Waals surface area (Å²) < 4.78 is 25.9. The number of hydrogen-bond donors (Lipinski definition) is 3. The molecule has 9 nitrogen and oxygen atoms in total. The summed E-state index contributed by atoms with van der Waals surface area (Å²) in [6.07, 6.45) is 22.3. The van der Waals surface area contributed by atoms with E-state index in [4.69, 9.17) is 19.3 Å². The Balaban J connectivity index is 4.10. The molecule has 10 heteroatoms. The molecule has 3 N–H and O–H groups in total. The highest BCUT2D eigenvalue weighted by Crippen LogP contribution is 2.35. The van der Waals surface area contributed by atoms with Gasteiger partial charge < -0.3 is 24.4 Å². The lowest BCUT2D eigenvalue weighted by molar-refractivity contribution is -0.161. The Labute approximate surface area is 234 Å². The predicted octanol–water partition coefficient (Wildman–Crippen LogP) is 6.47. The molecular weight excluding hydrogens is 523 g/mol. The lowest BCUT2D eigenvalue weighted by Gasteiger charge is -2.18. The average molecular weight is 575 g/mol. The van der Waals surface area contributed by atoms with Crippen LogP contribution in [0.25, 0.3) is 0 Å². The summed E-state index contributed by atoms with van der Waals surface area (Å²) in [5.74, 6) is -0.982. The normalized spacial score (nSPS) is 13.9. The van der Waals surface area contributed by atoms with Gasteiger partial charge in [0, 0.05) is 12.8 Å². The van der Waals surface area contributed by atoms with Crippen LogP contribution in [0.3, 0.4) is 0 Å². The first-order valence-corrected chi connectivity index (χ1v) is 15.9. The van der Waals surface area contributed by atoms with E-state index in [0.29, 0.717) is 19.3 Å². The standard InChI is InChI=1S/C29H51O9P/c1-3-5-7-9-10-13-16-20-26(30)21-17-14-11-15-18-22-28(31)36-24-27(25-37-39(33,34)35)38-29(32)23-19-12-8-6-4-2/h5,7,10,13,16,20,26-27,30H,3-4,6,8-9,11-12,14-15,17-19,21-25H2,1-2H3,(H2,33,34,35)/b7-5+,13-10+,20-16+/t26?,27-/m1/s1. The predicted molar refractivity (Wildman–Crippen MR) is 153 cm³/mol. The molecule has 0 bridgehead atoms. The first-order chi connectivity index (χ1) is 18.7. The van der Waals surface area contributed by atoms with Crippen LogP contribution in [0.5, 0.6) is 0 Å². The van der Waals surface area contributed by atoms with E-state index in [2.05, 4.69) is 30.5 Å². The first kappa shape index (κ1) is 37.2. The monoisotopic (exact) mass is 574 g/mol. The molecule has 0 rings (SSSR count). The number of allylic oxidation sites excluding steroid dienone is 5. The Morgan fingerprint density at radius 2 is 1.44 bits per heavy atom. The number of unbranched alkanes of at least 4 members (excludes halogenated alkanes) is 8. The zero-order valence-electron chi connectivity index (χ0n) is 23.9. The molecule has 0 amide bonds. The molecule has 0 aliphatic heterocycles. The van der Waals surface area contributed by atoms with Crippen LogP contribution in [0.15, 0.2) is 36.5 Å². The van der Waals surface area contributed by atoms with Crippen LogP contribution in [-0.2, 0) is 28.2 Å². The number of ether oxygens (including phenoxy) is 2. The van der Waals surface area contributed by atoms with Crippen molar-refractivity contribution < 1.29 is 43.0 Å². The van der Waals surface area contributed by atoms with Gasteiger partial charge in [-0.15, -0.1) is 0 Å². The maximum absolute atomic E-state index is 12.1. The summed E-state index contributed by atoms with van der Waals surface area (Å²) in [5.41, 5.74) is 0. The van der Waals surface area contributed by atoms with Crippen molar-refractivity contribution in [1.82, 2.24) is 0 Å². The van der Waals surface area contributed by atoms with E-state index in [1.54, 1.807) is 6.08 Å². The molecule has 0 saturated heterocycles. The summed E-state index contributed by atoms with van der Waals surface area (Å²) in [6, 6.07) is 0. The summed E-state index contributed by atoms with van der Waals surface area (Å²) in [6.45, 7) is 3.31. The Bertz CT molecular complexity index is 758. The van der Waals surface area contributed by atoms with Crippen LogP contribution in [0, 0.1) is 0 Å². The zero-order valence-corrected chi connectivity index (χ0v) is 24.8. The molecule has 226 valence electrons. The van der Waals surface area contributed by atoms with Crippen molar-refractivity contribution in [2.45, 2.75) is 122 Å². The molecule has 0 heterocycles. The topological polar surface area (TPSA) is 140 Å². The van der Waals surface area contributed by atoms with Crippen molar-refractivity contribution in [3.05, 3.63) is 36.5 Å². The Kier molecular flexibility index (Phi) is 24.1. The number of aliphatic hydroxyl groups is 1. The van der Waals surface area contributed by atoms with Gasteiger partial charge in [0.25, 0.3) is 0 Å². The summed E-state index contributed by atoms with van der Waals surface area (Å²) in [5, 5.41) is 10.0. The molecule has 0 aromatic rings. The third-order valence-electron chi connectivity index (χ3n) is 5.78. The molecule has 2 atom stereocenters. The Morgan fingerprint density at radius 1 is 0.795 bits per heavy atom. The Morgan fingerprint density at radius 3 is 2.10 bits per heavy atom. The van der Waals surface area contributed by atoms with Gasteiger partial charge in [-0.25, -0.2) is 4.57 Å². The largest absolute Gasteiger partial charge is 0.469 e. The molecule has 0 saturated carbocycles. The van der Waals surface area contributed by atoms with E-state index < -0.39 is 38.6 Å². The highest BCUT2D eigenvalue weighted by atomic mass is 31.2. The maximum atomic E-state index is 12.1. The number of phosphoric ester groups is 1. The van der Waals surface area contributed by atoms with E-state index in [-0.39, 0.29) is 19.4 Å². The van der Waals surface area contributed by atoms with Crippen molar-refractivity contribution in [3.8, 4) is 0 Å². The second kappa shape index (κ2) is 25.2. The fourth-order valence-corrected chi connectivity index (χ4v) is 3.97. The van der Waals surface area contributed by atoms with E-state index in [9.17, 15) is 19.3 Å². The van der Waals surface area contributed by atoms with Gasteiger partial charge in [-0.1, -0.05) is 102 Å². The highest BCUT2D eigenvalue weighted by molar-refractivity contribution is 7.46. The average Bonchev–Trinajstić information content (AvgIpc) is 2.88. The van der Waals surface area contributed by atoms with E-state index in [1.165, 1.54) is 0 Å². The Hall–Kier alpha value is -1.77. The van der Waals surface area contributed by atoms with E-state index >= 15 is 0 Å². The van der Waals surface area contributed by atoms with Crippen LogP contribution < -0.4 is 0 Å². The van der Waals surface area contributed by atoms with Crippen molar-refractivity contribution in [3.63, 3.8) is 0 Å². The number of hydrogen-bond acceptors (Lipinski definition) is 7. The van der Waals surface area contributed by atoms with Crippen molar-refractivity contribution in [2.75, 3.05) is 13.2 Å². The van der Waals surface area contributed by atoms with Crippen LogP contribution >= 0.6 is 7.82 Å². The maximum Gasteiger partial charge on any atom is 0.469 e. The molecule has 0 spiro atoms. The molecule has 0 aliphatic carbocycles. The summed E-state index contributed by atoms with van der Waals surface area (Å²) >= 11 is 0. The number of rotatable bonds is 25. The van der Waals surface area contributed by atoms with Gasteiger partial charge >= 0.3 is 19.8 Å². The minimum absolute atomic E-state index is 0.186. The van der Waals surface area contributed by atoms with Gasteiger partial charge in [0.2, 0.25) is 0 Å². The van der Waals surface area contributed by atoms with Crippen LogP contribution in [-0.4, -0.2) is 52.3 Å². The first-order valence-electron chi connectivity index (χ1n) is 14.4. The van der Waals surface area contributed by atoms with Crippen LogP contribution in [0.4, 0.5) is 0 Å². The minimum Gasteiger partial charge on any atom is -0.462 e. The summed E-state index contributed by atoms with van der Waals surface area (Å²) in [4.78, 5) is 42.0. The number of carbonyl (C=O) groups excluding carboxylic acids is 2. The SMILES string of the molecule is CC/C=C/C/C=C/C=C/C(O)CCCCCCCC(=O)OC[C@H](COP(=O)(O)O)OC(=O)CCCCCCC. The molecule has 39 heavy (non-hydrogen) atoms. The molecule has 1 unspecified atom stereocenters. The van der Waals surface area contributed by atoms with Crippen molar-refractivity contribution in [1.29, 1.82) is 0 Å². The fraction of sp³-hybridized carbons (Fsp3) is 0.724. The van der Waals surface area contributed by atoms with Gasteiger partial charge in [-0.05, 0) is 32.1 Å². The van der Waals surface area contributed by atoms with Crippen molar-refractivity contribution >= 4 is 19.8 Å². The molecule has 0 aromatic heterocycles. The molecular formula is C29H51O9P. The number of carbonyl (C=O) groups is 2. The van der Waals surface area contributed by atoms with Gasteiger partial charge in [-0.3, -0.25) is 14.1 Å². The number of phosphoric acid groups is 1. The highest BCUT2D eigenvalue weighted by Gasteiger charge is 2.22. The van der Waals surface area contributed by atoms with Gasteiger partial charge in [-0.2, -0.15) is 0 Å².